The third kappa shape index (κ3) is 2.51. The van der Waals surface area contributed by atoms with Crippen molar-refractivity contribution in [3.8, 4) is 0 Å². The fourth-order valence-electron chi connectivity index (χ4n) is 4.39. The number of halogens is 1. The first kappa shape index (κ1) is 17.0. The van der Waals surface area contributed by atoms with Crippen molar-refractivity contribution in [3.05, 3.63) is 56.0 Å². The lowest BCUT2D eigenvalue weighted by molar-refractivity contribution is -0.118. The second-order valence-corrected chi connectivity index (χ2v) is 9.49. The molecule has 2 aliphatic rings. The highest BCUT2D eigenvalue weighted by atomic mass is 79.9. The first-order valence-electron chi connectivity index (χ1n) is 8.61. The van der Waals surface area contributed by atoms with Crippen molar-refractivity contribution in [2.75, 3.05) is 5.32 Å². The normalized spacial score (nSPS) is 24.6. The average molecular weight is 417 g/mol. The minimum Gasteiger partial charge on any atom is -0.342 e. The topological polar surface area (TPSA) is 42.0 Å². The zero-order chi connectivity index (χ0) is 17.8. The molecule has 0 amide bonds. The Labute approximate surface area is 160 Å². The number of carbonyl (C=O) groups is 1. The number of aromatic nitrogens is 1. The molecule has 0 saturated heterocycles. The van der Waals surface area contributed by atoms with E-state index < -0.39 is 5.41 Å². The molecule has 1 aliphatic carbocycles. The standard InChI is InChI=1S/C20H21BrN2OS/c1-4-20(12-6-5-7-13(21)8-12)16-14(9-19(2,3)10-15(16)24)23-18-17(20)25-11-22-18/h5-8,11,23H,4,9-10H2,1-3H3/t20-/m1/s1. The maximum Gasteiger partial charge on any atom is 0.162 e. The van der Waals surface area contributed by atoms with E-state index in [2.05, 4.69) is 65.2 Å². The van der Waals surface area contributed by atoms with E-state index >= 15 is 0 Å². The van der Waals surface area contributed by atoms with Gasteiger partial charge in [-0.25, -0.2) is 4.98 Å². The lowest BCUT2D eigenvalue weighted by Crippen LogP contribution is -2.42. The van der Waals surface area contributed by atoms with E-state index in [1.165, 1.54) is 0 Å². The molecule has 1 N–H and O–H groups in total. The Morgan fingerprint density at radius 3 is 2.84 bits per heavy atom. The number of fused-ring (bicyclic) bond motifs is 1. The van der Waals surface area contributed by atoms with Crippen molar-refractivity contribution in [2.24, 2.45) is 5.41 Å². The van der Waals surface area contributed by atoms with Crippen molar-refractivity contribution in [3.63, 3.8) is 0 Å². The Morgan fingerprint density at radius 1 is 1.32 bits per heavy atom. The number of hydrogen-bond donors (Lipinski definition) is 1. The average Bonchev–Trinajstić information content (AvgIpc) is 3.00. The number of Topliss-reactive ketones (excluding diaryl/α,β-unsaturated/α-hetero) is 1. The molecule has 25 heavy (non-hydrogen) atoms. The van der Waals surface area contributed by atoms with Gasteiger partial charge in [0, 0.05) is 22.2 Å². The van der Waals surface area contributed by atoms with Gasteiger partial charge in [-0.05, 0) is 36.0 Å². The summed E-state index contributed by atoms with van der Waals surface area (Å²) in [6.07, 6.45) is 2.31. The van der Waals surface area contributed by atoms with Crippen LogP contribution in [0.4, 0.5) is 5.82 Å². The molecule has 130 valence electrons. The lowest BCUT2D eigenvalue weighted by Gasteiger charge is -2.44. The smallest absolute Gasteiger partial charge is 0.162 e. The van der Waals surface area contributed by atoms with Gasteiger partial charge in [0.2, 0.25) is 0 Å². The highest BCUT2D eigenvalue weighted by Crippen LogP contribution is 2.55. The molecule has 4 rings (SSSR count). The summed E-state index contributed by atoms with van der Waals surface area (Å²) in [5, 5.41) is 3.48. The number of thiazole rings is 1. The maximum atomic E-state index is 13.3. The molecule has 1 aromatic carbocycles. The van der Waals surface area contributed by atoms with Gasteiger partial charge in [-0.3, -0.25) is 4.79 Å². The Hall–Kier alpha value is -1.46. The van der Waals surface area contributed by atoms with Gasteiger partial charge in [-0.15, -0.1) is 11.3 Å². The number of ketones is 1. The Balaban J connectivity index is 2.04. The molecule has 1 atom stereocenters. The highest BCUT2D eigenvalue weighted by molar-refractivity contribution is 9.10. The molecule has 3 nitrogen and oxygen atoms in total. The summed E-state index contributed by atoms with van der Waals surface area (Å²) >= 11 is 5.25. The number of benzene rings is 1. The summed E-state index contributed by atoms with van der Waals surface area (Å²) in [5.41, 5.74) is 4.62. The van der Waals surface area contributed by atoms with Crippen molar-refractivity contribution in [1.29, 1.82) is 0 Å². The minimum atomic E-state index is -0.408. The van der Waals surface area contributed by atoms with Crippen LogP contribution < -0.4 is 5.32 Å². The summed E-state index contributed by atoms with van der Waals surface area (Å²) in [7, 11) is 0. The molecule has 0 radical (unpaired) electrons. The molecule has 0 bridgehead atoms. The third-order valence-electron chi connectivity index (χ3n) is 5.37. The van der Waals surface area contributed by atoms with E-state index in [4.69, 9.17) is 0 Å². The first-order chi connectivity index (χ1) is 11.9. The van der Waals surface area contributed by atoms with Crippen LogP contribution in [-0.2, 0) is 10.2 Å². The van der Waals surface area contributed by atoms with Crippen LogP contribution in [0.25, 0.3) is 0 Å². The largest absolute Gasteiger partial charge is 0.342 e. The van der Waals surface area contributed by atoms with Crippen LogP contribution in [0.2, 0.25) is 0 Å². The van der Waals surface area contributed by atoms with Crippen molar-refractivity contribution >= 4 is 38.9 Å². The van der Waals surface area contributed by atoms with E-state index in [9.17, 15) is 4.79 Å². The van der Waals surface area contributed by atoms with Gasteiger partial charge in [0.25, 0.3) is 0 Å². The molecular formula is C20H21BrN2OS. The molecule has 0 spiro atoms. The molecule has 0 saturated carbocycles. The molecule has 0 unspecified atom stereocenters. The van der Waals surface area contributed by atoms with Gasteiger partial charge in [0.15, 0.2) is 5.78 Å². The fraction of sp³-hybridized carbons (Fsp3) is 0.400. The fourth-order valence-corrected chi connectivity index (χ4v) is 5.83. The Bertz CT molecular complexity index is 899. The van der Waals surface area contributed by atoms with Crippen LogP contribution in [0.1, 0.15) is 50.5 Å². The van der Waals surface area contributed by atoms with Crippen LogP contribution in [0.3, 0.4) is 0 Å². The summed E-state index contributed by atoms with van der Waals surface area (Å²) in [6.45, 7) is 6.51. The lowest BCUT2D eigenvalue weighted by atomic mass is 9.62. The van der Waals surface area contributed by atoms with Crippen molar-refractivity contribution in [2.45, 2.75) is 45.4 Å². The van der Waals surface area contributed by atoms with Gasteiger partial charge in [-0.1, -0.05) is 48.8 Å². The third-order valence-corrected chi connectivity index (χ3v) is 6.86. The number of carbonyl (C=O) groups excluding carboxylic acids is 1. The molecule has 1 aliphatic heterocycles. The Kier molecular flexibility index (Phi) is 3.92. The van der Waals surface area contributed by atoms with E-state index in [1.54, 1.807) is 11.3 Å². The van der Waals surface area contributed by atoms with E-state index in [1.807, 2.05) is 11.6 Å². The Morgan fingerprint density at radius 2 is 2.12 bits per heavy atom. The maximum absolute atomic E-state index is 13.3. The predicted octanol–water partition coefficient (Wildman–Crippen LogP) is 5.67. The number of allylic oxidation sites excluding steroid dienone is 2. The summed E-state index contributed by atoms with van der Waals surface area (Å²) in [4.78, 5) is 19.0. The van der Waals surface area contributed by atoms with E-state index in [-0.39, 0.29) is 11.2 Å². The molecule has 0 fully saturated rings. The quantitative estimate of drug-likeness (QED) is 0.685. The zero-order valence-electron chi connectivity index (χ0n) is 14.6. The monoisotopic (exact) mass is 416 g/mol. The number of anilines is 1. The number of nitrogens with zero attached hydrogens (tertiary/aromatic N) is 1. The van der Waals surface area contributed by atoms with E-state index in [0.717, 1.165) is 44.8 Å². The van der Waals surface area contributed by atoms with Crippen LogP contribution in [0.15, 0.2) is 45.5 Å². The second kappa shape index (κ2) is 5.78. The van der Waals surface area contributed by atoms with Crippen LogP contribution >= 0.6 is 27.3 Å². The molecule has 2 aromatic rings. The number of hydrogen-bond acceptors (Lipinski definition) is 4. The van der Waals surface area contributed by atoms with Crippen molar-refractivity contribution in [1.82, 2.24) is 4.98 Å². The van der Waals surface area contributed by atoms with Crippen LogP contribution in [0, 0.1) is 5.41 Å². The van der Waals surface area contributed by atoms with Gasteiger partial charge in [0.05, 0.1) is 15.8 Å². The van der Waals surface area contributed by atoms with E-state index in [0.29, 0.717) is 6.42 Å². The summed E-state index contributed by atoms with van der Waals surface area (Å²) < 4.78 is 1.04. The molecular weight excluding hydrogens is 396 g/mol. The predicted molar refractivity (Wildman–Crippen MR) is 106 cm³/mol. The van der Waals surface area contributed by atoms with Gasteiger partial charge in [-0.2, -0.15) is 0 Å². The first-order valence-corrected chi connectivity index (χ1v) is 10.3. The van der Waals surface area contributed by atoms with Gasteiger partial charge in [0.1, 0.15) is 5.82 Å². The van der Waals surface area contributed by atoms with Crippen LogP contribution in [-0.4, -0.2) is 10.8 Å². The summed E-state index contributed by atoms with van der Waals surface area (Å²) in [5.74, 6) is 1.18. The minimum absolute atomic E-state index is 0.0206. The zero-order valence-corrected chi connectivity index (χ0v) is 17.1. The molecule has 1 aromatic heterocycles. The molecule has 2 heterocycles. The van der Waals surface area contributed by atoms with Crippen LogP contribution in [0.5, 0.6) is 0 Å². The van der Waals surface area contributed by atoms with Crippen molar-refractivity contribution < 1.29 is 4.79 Å². The van der Waals surface area contributed by atoms with Gasteiger partial charge < -0.3 is 5.32 Å². The highest BCUT2D eigenvalue weighted by Gasteiger charge is 2.50. The van der Waals surface area contributed by atoms with Gasteiger partial charge >= 0.3 is 0 Å². The molecule has 5 heteroatoms. The second-order valence-electron chi connectivity index (χ2n) is 7.72. The summed E-state index contributed by atoms with van der Waals surface area (Å²) in [6, 6.07) is 8.37. The number of rotatable bonds is 2. The number of nitrogens with one attached hydrogen (secondary N) is 1. The SMILES string of the molecule is CC[C@@]1(c2cccc(Br)c2)C2=C(CC(C)(C)CC2=O)Nc2ncsc21.